The third kappa shape index (κ3) is 54.5. The topological polar surface area (TPSA) is 78.9 Å². The molecule has 0 aromatic rings. The maximum absolute atomic E-state index is 12.8. The van der Waals surface area contributed by atoms with Gasteiger partial charge in [-0.25, -0.2) is 0 Å². The molecule has 0 aliphatic carbocycles. The second-order valence-corrected chi connectivity index (χ2v) is 18.1. The van der Waals surface area contributed by atoms with Crippen molar-refractivity contribution < 1.29 is 28.6 Å². The van der Waals surface area contributed by atoms with E-state index < -0.39 is 6.10 Å². The summed E-state index contributed by atoms with van der Waals surface area (Å²) in [5.74, 6) is -0.957. The number of ether oxygens (including phenoxy) is 3. The average Bonchev–Trinajstić information content (AvgIpc) is 3.36. The molecule has 0 fully saturated rings. The lowest BCUT2D eigenvalue weighted by molar-refractivity contribution is -0.167. The molecule has 1 atom stereocenters. The summed E-state index contributed by atoms with van der Waals surface area (Å²) in [6.07, 6.45) is 80.2. The Morgan fingerprint density at radius 3 is 0.886 bits per heavy atom. The van der Waals surface area contributed by atoms with E-state index in [1.807, 2.05) is 0 Å². The van der Waals surface area contributed by atoms with Crippen LogP contribution >= 0.6 is 0 Å². The predicted octanol–water partition coefficient (Wildman–Crippen LogP) is 19.0. The molecule has 0 bridgehead atoms. The van der Waals surface area contributed by atoms with E-state index in [1.54, 1.807) is 0 Å². The van der Waals surface area contributed by atoms with Crippen molar-refractivity contribution in [2.45, 2.75) is 239 Å². The van der Waals surface area contributed by atoms with Crippen LogP contribution in [0, 0.1) is 0 Å². The molecule has 0 aromatic carbocycles. The van der Waals surface area contributed by atoms with Crippen molar-refractivity contribution in [3.63, 3.8) is 0 Å². The number of allylic oxidation sites excluding steroid dienone is 22. The molecule has 0 saturated heterocycles. The molecule has 6 nitrogen and oxygen atoms in total. The molecule has 394 valence electrons. The largest absolute Gasteiger partial charge is 0.462 e. The summed E-state index contributed by atoms with van der Waals surface area (Å²) in [4.78, 5) is 38.0. The number of hydrogen-bond donors (Lipinski definition) is 0. The van der Waals surface area contributed by atoms with Crippen LogP contribution in [0.2, 0.25) is 0 Å². The molecule has 0 saturated carbocycles. The summed E-state index contributed by atoms with van der Waals surface area (Å²) in [5.41, 5.74) is 0. The van der Waals surface area contributed by atoms with E-state index in [2.05, 4.69) is 154 Å². The summed E-state index contributed by atoms with van der Waals surface area (Å²) in [6, 6.07) is 0. The molecular formula is C64H102O6. The van der Waals surface area contributed by atoms with E-state index in [-0.39, 0.29) is 31.1 Å². The van der Waals surface area contributed by atoms with Crippen LogP contribution in [0.15, 0.2) is 134 Å². The smallest absolute Gasteiger partial charge is 0.306 e. The second kappa shape index (κ2) is 57.1. The van der Waals surface area contributed by atoms with Gasteiger partial charge in [-0.05, 0) is 116 Å². The van der Waals surface area contributed by atoms with Crippen LogP contribution in [0.4, 0.5) is 0 Å². The quantitative estimate of drug-likeness (QED) is 0.0262. The van der Waals surface area contributed by atoms with E-state index in [4.69, 9.17) is 14.2 Å². The van der Waals surface area contributed by atoms with E-state index in [1.165, 1.54) is 44.9 Å². The second-order valence-electron chi connectivity index (χ2n) is 18.1. The SMILES string of the molecule is CC/C=C\C/C=C\C/C=C\C/C=C\C/C=C\C/C=C\C/C=C\CCCCCC(=O)OCC(COC(=O)CCCCCCCCCC)OC(=O)CCCCCCCC/C=C\C/C=C\C/C=C\C/C=C\CC. The zero-order valence-electron chi connectivity index (χ0n) is 45.0. The first-order valence-electron chi connectivity index (χ1n) is 28.2. The first-order valence-corrected chi connectivity index (χ1v) is 28.2. The molecule has 0 rings (SSSR count). The molecule has 6 heteroatoms. The number of carbonyl (C=O) groups excluding carboxylic acids is 3. The van der Waals surface area contributed by atoms with Crippen molar-refractivity contribution >= 4 is 17.9 Å². The van der Waals surface area contributed by atoms with Gasteiger partial charge in [0.2, 0.25) is 0 Å². The monoisotopic (exact) mass is 967 g/mol. The minimum Gasteiger partial charge on any atom is -0.462 e. The summed E-state index contributed by atoms with van der Waals surface area (Å²) in [6.45, 7) is 6.33. The van der Waals surface area contributed by atoms with Crippen LogP contribution in [0.25, 0.3) is 0 Å². The van der Waals surface area contributed by atoms with Gasteiger partial charge in [-0.3, -0.25) is 14.4 Å². The lowest BCUT2D eigenvalue weighted by Gasteiger charge is -2.18. The van der Waals surface area contributed by atoms with Crippen LogP contribution < -0.4 is 0 Å². The van der Waals surface area contributed by atoms with E-state index in [9.17, 15) is 14.4 Å². The van der Waals surface area contributed by atoms with Crippen LogP contribution in [-0.2, 0) is 28.6 Å². The van der Waals surface area contributed by atoms with Gasteiger partial charge in [-0.2, -0.15) is 0 Å². The Labute approximate surface area is 430 Å². The van der Waals surface area contributed by atoms with Crippen molar-refractivity contribution in [2.75, 3.05) is 13.2 Å². The van der Waals surface area contributed by atoms with Crippen molar-refractivity contribution in [1.82, 2.24) is 0 Å². The van der Waals surface area contributed by atoms with Gasteiger partial charge in [0.05, 0.1) is 0 Å². The Kier molecular flexibility index (Phi) is 53.5. The van der Waals surface area contributed by atoms with Crippen LogP contribution in [0.5, 0.6) is 0 Å². The number of esters is 3. The van der Waals surface area contributed by atoms with E-state index in [0.717, 1.165) is 148 Å². The van der Waals surface area contributed by atoms with Gasteiger partial charge in [-0.1, -0.05) is 231 Å². The number of unbranched alkanes of at least 4 members (excludes halogenated alkanes) is 16. The molecule has 0 aliphatic heterocycles. The molecule has 0 spiro atoms. The molecule has 0 N–H and O–H groups in total. The van der Waals surface area contributed by atoms with Gasteiger partial charge in [-0.15, -0.1) is 0 Å². The third-order valence-electron chi connectivity index (χ3n) is 11.4. The molecule has 0 heterocycles. The zero-order chi connectivity index (χ0) is 50.7. The number of hydrogen-bond acceptors (Lipinski definition) is 6. The molecule has 0 aliphatic rings. The summed E-state index contributed by atoms with van der Waals surface area (Å²) < 4.78 is 16.8. The lowest BCUT2D eigenvalue weighted by Crippen LogP contribution is -2.30. The Morgan fingerprint density at radius 1 is 0.300 bits per heavy atom. The molecule has 0 aromatic heterocycles. The van der Waals surface area contributed by atoms with Crippen LogP contribution in [0.1, 0.15) is 233 Å². The van der Waals surface area contributed by atoms with Crippen molar-refractivity contribution in [2.24, 2.45) is 0 Å². The van der Waals surface area contributed by atoms with Gasteiger partial charge < -0.3 is 14.2 Å². The van der Waals surface area contributed by atoms with Gasteiger partial charge >= 0.3 is 17.9 Å². The maximum atomic E-state index is 12.8. The molecule has 70 heavy (non-hydrogen) atoms. The first kappa shape index (κ1) is 65.5. The van der Waals surface area contributed by atoms with Crippen molar-refractivity contribution in [3.8, 4) is 0 Å². The molecule has 1 unspecified atom stereocenters. The van der Waals surface area contributed by atoms with Gasteiger partial charge in [0.1, 0.15) is 13.2 Å². The standard InChI is InChI=1S/C64H102O6/c1-4-7-10-13-16-19-21-23-25-27-29-30-31-32-33-34-36-37-39-41-43-45-48-51-54-57-63(66)69-60-61(59-68-62(65)56-53-50-47-18-15-12-9-6-3)70-64(67)58-55-52-49-46-44-42-40-38-35-28-26-24-22-20-17-14-11-8-5-2/h7-8,10-11,16-17,19-20,23-26,29-30,32-33,35-38,41,43,61H,4-6,9,12-15,18,21-22,27-28,31,34,39-40,42,44-60H2,1-3H3/b10-7-,11-8-,19-16-,20-17-,25-23-,26-24-,30-29-,33-32-,37-36-,38-35-,43-41-. The Balaban J connectivity index is 4.37. The van der Waals surface area contributed by atoms with E-state index >= 15 is 0 Å². The van der Waals surface area contributed by atoms with Crippen molar-refractivity contribution in [3.05, 3.63) is 134 Å². The Morgan fingerprint density at radius 2 is 0.557 bits per heavy atom. The minimum absolute atomic E-state index is 0.0982. The van der Waals surface area contributed by atoms with Crippen LogP contribution in [-0.4, -0.2) is 37.2 Å². The number of carbonyl (C=O) groups is 3. The fourth-order valence-electron chi connectivity index (χ4n) is 7.24. The minimum atomic E-state index is -0.802. The van der Waals surface area contributed by atoms with Gasteiger partial charge in [0, 0.05) is 19.3 Å². The lowest BCUT2D eigenvalue weighted by atomic mass is 10.1. The average molecular weight is 968 g/mol. The normalized spacial score (nSPS) is 13.1. The number of rotatable bonds is 49. The Hall–Kier alpha value is -4.45. The zero-order valence-corrected chi connectivity index (χ0v) is 45.0. The van der Waals surface area contributed by atoms with E-state index in [0.29, 0.717) is 19.3 Å². The highest BCUT2D eigenvalue weighted by Crippen LogP contribution is 2.13. The first-order chi connectivity index (χ1) is 34.5. The fourth-order valence-corrected chi connectivity index (χ4v) is 7.24. The Bertz CT molecular complexity index is 1530. The summed E-state index contributed by atoms with van der Waals surface area (Å²) in [5, 5.41) is 0. The van der Waals surface area contributed by atoms with Crippen LogP contribution in [0.3, 0.4) is 0 Å². The molecule has 0 amide bonds. The predicted molar refractivity (Wildman–Crippen MR) is 302 cm³/mol. The van der Waals surface area contributed by atoms with Crippen molar-refractivity contribution in [1.29, 1.82) is 0 Å². The molecule has 0 radical (unpaired) electrons. The highest BCUT2D eigenvalue weighted by atomic mass is 16.6. The highest BCUT2D eigenvalue weighted by molar-refractivity contribution is 5.71. The highest BCUT2D eigenvalue weighted by Gasteiger charge is 2.19. The third-order valence-corrected chi connectivity index (χ3v) is 11.4. The molecular weight excluding hydrogens is 865 g/mol. The van der Waals surface area contributed by atoms with Gasteiger partial charge in [0.25, 0.3) is 0 Å². The summed E-state index contributed by atoms with van der Waals surface area (Å²) >= 11 is 0. The fraction of sp³-hybridized carbons (Fsp3) is 0.609. The maximum Gasteiger partial charge on any atom is 0.306 e. The summed E-state index contributed by atoms with van der Waals surface area (Å²) in [7, 11) is 0. The van der Waals surface area contributed by atoms with Gasteiger partial charge in [0.15, 0.2) is 6.10 Å².